The van der Waals surface area contributed by atoms with Crippen LogP contribution in [-0.4, -0.2) is 56.6 Å². The Kier molecular flexibility index (Phi) is 8.31. The van der Waals surface area contributed by atoms with Gasteiger partial charge in [-0.05, 0) is 57.5 Å². The first-order chi connectivity index (χ1) is 17.2. The van der Waals surface area contributed by atoms with Gasteiger partial charge in [-0.2, -0.15) is 23.4 Å². The second-order valence-corrected chi connectivity index (χ2v) is 10.1. The highest BCUT2D eigenvalue weighted by Gasteiger charge is 2.30. The van der Waals surface area contributed by atoms with Crippen LogP contribution in [0.5, 0.6) is 0 Å². The molecule has 1 aromatic carbocycles. The fraction of sp³-hybridized carbons (Fsp3) is 0.304. The predicted octanol–water partition coefficient (Wildman–Crippen LogP) is 4.75. The number of ether oxygens (including phenoxy) is 1. The van der Waals surface area contributed by atoms with Crippen LogP contribution in [0.4, 0.5) is 28.9 Å². The molecule has 0 spiro atoms. The Labute approximate surface area is 215 Å². The van der Waals surface area contributed by atoms with Crippen LogP contribution in [0, 0.1) is 0 Å². The predicted molar refractivity (Wildman–Crippen MR) is 140 cm³/mol. The number of hydrazine groups is 1. The number of pyridine rings is 1. The molecule has 13 heteroatoms. The summed E-state index contributed by atoms with van der Waals surface area (Å²) in [4.78, 5) is 10.6. The number of nitrogens with two attached hydrogens (primary N) is 1. The van der Waals surface area contributed by atoms with Crippen molar-refractivity contribution in [3.05, 3.63) is 63.8 Å². The zero-order chi connectivity index (χ0) is 25.7. The Balaban J connectivity index is 1.42. The lowest BCUT2D eigenvalue weighted by Gasteiger charge is -2.37. The molecule has 1 aromatic heterocycles. The van der Waals surface area contributed by atoms with Gasteiger partial charge in [0.15, 0.2) is 15.4 Å². The molecule has 0 bridgehead atoms. The Morgan fingerprint density at radius 3 is 2.86 bits per heavy atom. The molecule has 0 aliphatic carbocycles. The minimum atomic E-state index is -4.42. The van der Waals surface area contributed by atoms with Gasteiger partial charge in [0.05, 0.1) is 48.6 Å². The lowest BCUT2D eigenvalue weighted by Crippen LogP contribution is -2.49. The Morgan fingerprint density at radius 2 is 2.14 bits per heavy atom. The molecule has 8 nitrogen and oxygen atoms in total. The summed E-state index contributed by atoms with van der Waals surface area (Å²) in [5.41, 5.74) is 0.530. The molecule has 1 unspecified atom stereocenters. The fourth-order valence-corrected chi connectivity index (χ4v) is 5.16. The van der Waals surface area contributed by atoms with Crippen molar-refractivity contribution in [1.29, 1.82) is 0 Å². The molecule has 4 rings (SSSR count). The number of halogens is 5. The van der Waals surface area contributed by atoms with Gasteiger partial charge >= 0.3 is 6.18 Å². The van der Waals surface area contributed by atoms with Gasteiger partial charge in [0, 0.05) is 16.3 Å². The third-order valence-electron chi connectivity index (χ3n) is 5.40. The second kappa shape index (κ2) is 11.4. The van der Waals surface area contributed by atoms with E-state index in [9.17, 15) is 17.6 Å². The summed E-state index contributed by atoms with van der Waals surface area (Å²) in [6, 6.07) is 8.24. The van der Waals surface area contributed by atoms with Crippen LogP contribution in [0.15, 0.2) is 62.6 Å². The van der Waals surface area contributed by atoms with Gasteiger partial charge in [0.1, 0.15) is 0 Å². The van der Waals surface area contributed by atoms with E-state index in [2.05, 4.69) is 20.4 Å². The van der Waals surface area contributed by atoms with E-state index in [0.29, 0.717) is 40.6 Å². The molecule has 0 radical (unpaired) electrons. The SMILES string of the molecule is CCC1COCCN1C1=NC(N(N)/N=C\c2ccc(Nc3cccc(C(F)(F)F)c3)cn2)=IC=C1F. The maximum absolute atomic E-state index is 14.6. The van der Waals surface area contributed by atoms with Gasteiger partial charge in [-0.1, -0.05) is 13.0 Å². The van der Waals surface area contributed by atoms with Gasteiger partial charge in [-0.15, -0.1) is 0 Å². The zero-order valence-corrected chi connectivity index (χ0v) is 21.4. The number of aromatic nitrogens is 1. The van der Waals surface area contributed by atoms with E-state index < -0.39 is 32.5 Å². The van der Waals surface area contributed by atoms with Crippen molar-refractivity contribution in [3.8, 4) is 0 Å². The lowest BCUT2D eigenvalue weighted by atomic mass is 10.1. The number of hydrogen-bond acceptors (Lipinski definition) is 8. The summed E-state index contributed by atoms with van der Waals surface area (Å²) in [5.74, 6) is 5.97. The van der Waals surface area contributed by atoms with Crippen molar-refractivity contribution >= 4 is 47.9 Å². The monoisotopic (exact) mass is 617 g/mol. The molecule has 3 heterocycles. The van der Waals surface area contributed by atoms with Crippen molar-refractivity contribution < 1.29 is 22.3 Å². The highest BCUT2D eigenvalue weighted by molar-refractivity contribution is 14.2. The first-order valence-electron chi connectivity index (χ1n) is 11.0. The molecular formula is C23H24F4IN7O. The van der Waals surface area contributed by atoms with E-state index in [0.717, 1.165) is 23.7 Å². The minimum Gasteiger partial charge on any atom is -0.377 e. The number of hydrazone groups is 1. The molecule has 2 aliphatic rings. The van der Waals surface area contributed by atoms with E-state index in [4.69, 9.17) is 10.6 Å². The largest absolute Gasteiger partial charge is 0.416 e. The van der Waals surface area contributed by atoms with Crippen LogP contribution in [0.25, 0.3) is 0 Å². The quantitative estimate of drug-likeness (QED) is 0.160. The molecule has 2 aliphatic heterocycles. The van der Waals surface area contributed by atoms with Gasteiger partial charge in [0.25, 0.3) is 0 Å². The van der Waals surface area contributed by atoms with E-state index in [1.807, 2.05) is 11.8 Å². The van der Waals surface area contributed by atoms with E-state index >= 15 is 0 Å². The average Bonchev–Trinajstić information content (AvgIpc) is 2.88. The molecule has 1 atom stereocenters. The number of alkyl halides is 3. The second-order valence-electron chi connectivity index (χ2n) is 7.87. The molecule has 0 saturated carbocycles. The Morgan fingerprint density at radius 1 is 1.31 bits per heavy atom. The first-order valence-corrected chi connectivity index (χ1v) is 13.4. The maximum Gasteiger partial charge on any atom is 0.416 e. The summed E-state index contributed by atoms with van der Waals surface area (Å²) in [7, 11) is 0. The molecular weight excluding hydrogens is 593 g/mol. The van der Waals surface area contributed by atoms with Crippen LogP contribution >= 0.6 is 20.7 Å². The van der Waals surface area contributed by atoms with Crippen LogP contribution in [-0.2, 0) is 10.9 Å². The van der Waals surface area contributed by atoms with Crippen LogP contribution in [0.3, 0.4) is 0 Å². The number of nitrogens with one attached hydrogen (secondary N) is 1. The highest BCUT2D eigenvalue weighted by atomic mass is 127. The van der Waals surface area contributed by atoms with Gasteiger partial charge in [-0.25, -0.2) is 15.2 Å². The number of hydrogen-bond donors (Lipinski definition) is 2. The topological polar surface area (TPSA) is 91.4 Å². The molecule has 3 N–H and O–H groups in total. The zero-order valence-electron chi connectivity index (χ0n) is 19.2. The third-order valence-corrected chi connectivity index (χ3v) is 7.55. The number of anilines is 2. The average molecular weight is 617 g/mol. The fourth-order valence-electron chi connectivity index (χ4n) is 3.55. The molecule has 192 valence electrons. The summed E-state index contributed by atoms with van der Waals surface area (Å²) in [6.07, 6.45) is -0.722. The smallest absolute Gasteiger partial charge is 0.377 e. The van der Waals surface area contributed by atoms with E-state index in [1.54, 1.807) is 12.1 Å². The van der Waals surface area contributed by atoms with Crippen molar-refractivity contribution in [3.63, 3.8) is 0 Å². The van der Waals surface area contributed by atoms with Crippen LogP contribution in [0.2, 0.25) is 0 Å². The van der Waals surface area contributed by atoms with Gasteiger partial charge in [0.2, 0.25) is 0 Å². The third kappa shape index (κ3) is 6.44. The lowest BCUT2D eigenvalue weighted by molar-refractivity contribution is -0.137. The highest BCUT2D eigenvalue weighted by Crippen LogP contribution is 2.31. The Bertz CT molecular complexity index is 1200. The number of rotatable bonds is 6. The van der Waals surface area contributed by atoms with Crippen molar-refractivity contribution in [2.24, 2.45) is 15.9 Å². The number of morpholine rings is 1. The van der Waals surface area contributed by atoms with E-state index in [1.165, 1.54) is 28.6 Å². The van der Waals surface area contributed by atoms with Crippen molar-refractivity contribution in [2.45, 2.75) is 25.6 Å². The number of aliphatic imine (C=N–C) groups is 1. The summed E-state index contributed by atoms with van der Waals surface area (Å²) < 4.78 is 60.8. The summed E-state index contributed by atoms with van der Waals surface area (Å²) in [5, 5.41) is 8.19. The van der Waals surface area contributed by atoms with Gasteiger partial charge in [-0.3, -0.25) is 4.98 Å². The standard InChI is InChI=1S/C23H24F4IN7O/c1-2-19-14-36-9-8-34(19)21-20(24)11-28-22(33-21)35(29)31-13-17-6-7-18(12-30-17)32-16-5-3-4-15(10-16)23(25,26)27/h3-7,10-13,19,32H,2,8-9,14,29H2,1H3/b31-13-. The van der Waals surface area contributed by atoms with Crippen LogP contribution < -0.4 is 11.2 Å². The number of amidine groups is 1. The molecule has 1 saturated heterocycles. The molecule has 36 heavy (non-hydrogen) atoms. The van der Waals surface area contributed by atoms with Crippen LogP contribution in [0.1, 0.15) is 24.6 Å². The maximum atomic E-state index is 14.6. The van der Waals surface area contributed by atoms with Crippen molar-refractivity contribution in [2.75, 3.05) is 25.1 Å². The minimum absolute atomic E-state index is 0.0381. The normalized spacial score (nSPS) is 18.8. The van der Waals surface area contributed by atoms with Gasteiger partial charge < -0.3 is 15.0 Å². The number of nitrogens with zero attached hydrogens (tertiary/aromatic N) is 5. The first kappa shape index (κ1) is 26.2. The Hall–Kier alpha value is -2.91. The van der Waals surface area contributed by atoms with Crippen molar-refractivity contribution in [1.82, 2.24) is 15.0 Å². The summed E-state index contributed by atoms with van der Waals surface area (Å²) >= 11 is -0.918. The summed E-state index contributed by atoms with van der Waals surface area (Å²) in [6.45, 7) is 3.58. The molecule has 2 aromatic rings. The van der Waals surface area contributed by atoms with E-state index in [-0.39, 0.29) is 17.7 Å². The number of benzene rings is 1. The molecule has 1 fully saturated rings. The molecule has 0 amide bonds.